The van der Waals surface area contributed by atoms with E-state index in [1.54, 1.807) is 0 Å². The molecule has 0 fully saturated rings. The summed E-state index contributed by atoms with van der Waals surface area (Å²) >= 11 is 3.55. The fraction of sp³-hybridized carbons (Fsp3) is 0.125. The van der Waals surface area contributed by atoms with E-state index in [0.717, 1.165) is 10.2 Å². The van der Waals surface area contributed by atoms with Gasteiger partial charge in [0.1, 0.15) is 12.4 Å². The number of hydrogen-bond donors (Lipinski definition) is 0. The van der Waals surface area contributed by atoms with Crippen molar-refractivity contribution in [3.05, 3.63) is 52.5 Å². The van der Waals surface area contributed by atoms with Crippen molar-refractivity contribution in [2.24, 2.45) is 7.05 Å². The van der Waals surface area contributed by atoms with Crippen molar-refractivity contribution in [3.8, 4) is 17.0 Å². The van der Waals surface area contributed by atoms with Crippen LogP contribution in [0.5, 0.6) is 5.75 Å². The Hall–Kier alpha value is -1.74. The number of para-hydroxylation sites is 1. The largest absolute Gasteiger partial charge is 0.488 e. The average molecular weight is 314 g/mol. The fourth-order valence-corrected chi connectivity index (χ4v) is 3.28. The minimum atomic E-state index is 0.639. The van der Waals surface area contributed by atoms with E-state index in [9.17, 15) is 0 Å². The second kappa shape index (κ2) is 3.87. The predicted molar refractivity (Wildman–Crippen MR) is 80.4 cm³/mol. The van der Waals surface area contributed by atoms with Crippen LogP contribution in [0.15, 0.2) is 46.9 Å². The molecule has 0 amide bonds. The zero-order valence-electron chi connectivity index (χ0n) is 10.5. The van der Waals surface area contributed by atoms with Crippen LogP contribution >= 0.6 is 15.9 Å². The molecule has 19 heavy (non-hydrogen) atoms. The third-order valence-corrected chi connectivity index (χ3v) is 4.27. The fourth-order valence-electron chi connectivity index (χ4n) is 2.92. The quantitative estimate of drug-likeness (QED) is 0.596. The summed E-state index contributed by atoms with van der Waals surface area (Å²) in [6.45, 7) is 0.639. The monoisotopic (exact) mass is 313 g/mol. The Morgan fingerprint density at radius 1 is 1.16 bits per heavy atom. The lowest BCUT2D eigenvalue weighted by atomic mass is 10.0. The van der Waals surface area contributed by atoms with Gasteiger partial charge >= 0.3 is 0 Å². The summed E-state index contributed by atoms with van der Waals surface area (Å²) in [5.41, 5.74) is 4.97. The summed E-state index contributed by atoms with van der Waals surface area (Å²) < 4.78 is 9.25. The van der Waals surface area contributed by atoms with E-state index in [1.165, 1.54) is 27.7 Å². The van der Waals surface area contributed by atoms with Gasteiger partial charge in [-0.2, -0.15) is 0 Å². The average Bonchev–Trinajstić information content (AvgIpc) is 2.72. The molecule has 0 bridgehead atoms. The number of benzene rings is 2. The Kier molecular flexibility index (Phi) is 2.27. The van der Waals surface area contributed by atoms with Gasteiger partial charge in [-0.05, 0) is 30.3 Å². The van der Waals surface area contributed by atoms with Crippen LogP contribution in [0.1, 0.15) is 5.56 Å². The first-order chi connectivity index (χ1) is 9.25. The summed E-state index contributed by atoms with van der Waals surface area (Å²) in [5, 5.41) is 1.27. The zero-order chi connectivity index (χ0) is 13.0. The van der Waals surface area contributed by atoms with Gasteiger partial charge in [-0.1, -0.05) is 28.1 Å². The highest BCUT2D eigenvalue weighted by Gasteiger charge is 2.23. The standard InChI is InChI=1S/C16H12BrNO/c1-18-14-7-6-10(17)8-12(14)13-9-19-15-5-3-2-4-11(15)16(13)18/h2-8H,9H2,1H3. The van der Waals surface area contributed by atoms with E-state index in [4.69, 9.17) is 4.74 Å². The van der Waals surface area contributed by atoms with Crippen LogP contribution in [0.4, 0.5) is 0 Å². The van der Waals surface area contributed by atoms with Gasteiger partial charge in [0.05, 0.1) is 5.69 Å². The third kappa shape index (κ3) is 1.48. The van der Waals surface area contributed by atoms with Crippen molar-refractivity contribution in [1.29, 1.82) is 0 Å². The Morgan fingerprint density at radius 3 is 2.89 bits per heavy atom. The Labute approximate surface area is 119 Å². The van der Waals surface area contributed by atoms with Gasteiger partial charge in [-0.3, -0.25) is 0 Å². The number of halogens is 1. The maximum Gasteiger partial charge on any atom is 0.129 e. The van der Waals surface area contributed by atoms with Crippen LogP contribution in [0.25, 0.3) is 22.2 Å². The molecule has 1 aromatic heterocycles. The number of ether oxygens (including phenoxy) is 1. The molecule has 1 aliphatic heterocycles. The third-order valence-electron chi connectivity index (χ3n) is 3.78. The summed E-state index contributed by atoms with van der Waals surface area (Å²) in [6.07, 6.45) is 0. The van der Waals surface area contributed by atoms with Crippen molar-refractivity contribution in [2.75, 3.05) is 0 Å². The Balaban J connectivity index is 2.14. The van der Waals surface area contributed by atoms with Crippen LogP contribution < -0.4 is 4.74 Å². The number of aryl methyl sites for hydroxylation is 1. The van der Waals surface area contributed by atoms with Crippen LogP contribution in [0, 0.1) is 0 Å². The minimum Gasteiger partial charge on any atom is -0.488 e. The molecule has 0 atom stereocenters. The molecule has 0 spiro atoms. The SMILES string of the molecule is Cn1c2c(c3cc(Br)ccc31)COc1ccccc1-2. The maximum absolute atomic E-state index is 5.88. The highest BCUT2D eigenvalue weighted by atomic mass is 79.9. The molecule has 0 aliphatic carbocycles. The number of nitrogens with zero attached hydrogens (tertiary/aromatic N) is 1. The van der Waals surface area contributed by atoms with E-state index >= 15 is 0 Å². The first-order valence-electron chi connectivity index (χ1n) is 6.25. The molecule has 2 heterocycles. The van der Waals surface area contributed by atoms with Crippen molar-refractivity contribution >= 4 is 26.8 Å². The van der Waals surface area contributed by atoms with Crippen LogP contribution in [0.2, 0.25) is 0 Å². The normalized spacial score (nSPS) is 12.9. The molecule has 94 valence electrons. The predicted octanol–water partition coefficient (Wildman–Crippen LogP) is 4.50. The summed E-state index contributed by atoms with van der Waals surface area (Å²) in [5.74, 6) is 0.972. The topological polar surface area (TPSA) is 14.2 Å². The van der Waals surface area contributed by atoms with Crippen LogP contribution in [-0.2, 0) is 13.7 Å². The number of aromatic nitrogens is 1. The van der Waals surface area contributed by atoms with Crippen molar-refractivity contribution in [2.45, 2.75) is 6.61 Å². The molecule has 0 saturated heterocycles. The van der Waals surface area contributed by atoms with Gasteiger partial charge in [-0.15, -0.1) is 0 Å². The van der Waals surface area contributed by atoms with Gasteiger partial charge in [0.25, 0.3) is 0 Å². The molecule has 3 heteroatoms. The zero-order valence-corrected chi connectivity index (χ0v) is 12.1. The van der Waals surface area contributed by atoms with E-state index in [-0.39, 0.29) is 0 Å². The molecular weight excluding hydrogens is 302 g/mol. The molecule has 0 unspecified atom stereocenters. The van der Waals surface area contributed by atoms with Gasteiger partial charge in [0, 0.05) is 33.6 Å². The number of rotatable bonds is 0. The van der Waals surface area contributed by atoms with E-state index < -0.39 is 0 Å². The Bertz CT molecular complexity index is 804. The Morgan fingerprint density at radius 2 is 2.00 bits per heavy atom. The first kappa shape index (κ1) is 11.1. The highest BCUT2D eigenvalue weighted by molar-refractivity contribution is 9.10. The minimum absolute atomic E-state index is 0.639. The summed E-state index contributed by atoms with van der Waals surface area (Å²) in [6, 6.07) is 14.6. The second-order valence-electron chi connectivity index (χ2n) is 4.83. The van der Waals surface area contributed by atoms with Crippen molar-refractivity contribution < 1.29 is 4.74 Å². The molecule has 4 rings (SSSR count). The van der Waals surface area contributed by atoms with E-state index in [0.29, 0.717) is 6.61 Å². The second-order valence-corrected chi connectivity index (χ2v) is 5.75. The van der Waals surface area contributed by atoms with Crippen molar-refractivity contribution in [1.82, 2.24) is 4.57 Å². The van der Waals surface area contributed by atoms with Crippen LogP contribution in [-0.4, -0.2) is 4.57 Å². The molecule has 3 aromatic rings. The molecule has 2 nitrogen and oxygen atoms in total. The molecule has 0 radical (unpaired) electrons. The lowest BCUT2D eigenvalue weighted by Crippen LogP contribution is -2.06. The number of fused-ring (bicyclic) bond motifs is 5. The van der Waals surface area contributed by atoms with Gasteiger partial charge < -0.3 is 9.30 Å². The molecule has 2 aromatic carbocycles. The lowest BCUT2D eigenvalue weighted by Gasteiger charge is -2.19. The summed E-state index contributed by atoms with van der Waals surface area (Å²) in [7, 11) is 2.12. The van der Waals surface area contributed by atoms with Gasteiger partial charge in [0.2, 0.25) is 0 Å². The van der Waals surface area contributed by atoms with Crippen LogP contribution in [0.3, 0.4) is 0 Å². The van der Waals surface area contributed by atoms with E-state index in [1.807, 2.05) is 12.1 Å². The van der Waals surface area contributed by atoms with Crippen molar-refractivity contribution in [3.63, 3.8) is 0 Å². The first-order valence-corrected chi connectivity index (χ1v) is 7.04. The number of hydrogen-bond acceptors (Lipinski definition) is 1. The molecule has 1 aliphatic rings. The molecular formula is C16H12BrNO. The van der Waals surface area contributed by atoms with Gasteiger partial charge in [-0.25, -0.2) is 0 Å². The lowest BCUT2D eigenvalue weighted by molar-refractivity contribution is 0.303. The maximum atomic E-state index is 5.88. The molecule has 0 saturated carbocycles. The smallest absolute Gasteiger partial charge is 0.129 e. The highest BCUT2D eigenvalue weighted by Crippen LogP contribution is 2.42. The molecule has 0 N–H and O–H groups in total. The van der Waals surface area contributed by atoms with E-state index in [2.05, 4.69) is 57.9 Å². The van der Waals surface area contributed by atoms with Gasteiger partial charge in [0.15, 0.2) is 0 Å². The summed E-state index contributed by atoms with van der Waals surface area (Å²) in [4.78, 5) is 0.